The van der Waals surface area contributed by atoms with Gasteiger partial charge in [-0.2, -0.15) is 0 Å². The maximum atomic E-state index is 11.6. The summed E-state index contributed by atoms with van der Waals surface area (Å²) in [6, 6.07) is 5.20. The van der Waals surface area contributed by atoms with Crippen LogP contribution in [-0.4, -0.2) is 39.0 Å². The van der Waals surface area contributed by atoms with Gasteiger partial charge in [0.05, 0.1) is 24.2 Å². The Morgan fingerprint density at radius 1 is 1.42 bits per heavy atom. The molecule has 0 spiro atoms. The number of sulfone groups is 1. The number of carbonyl (C=O) groups is 1. The Labute approximate surface area is 112 Å². The smallest absolute Gasteiger partial charge is 0.338 e. The number of hydrogen-bond acceptors (Lipinski definition) is 5. The third-order valence-corrected chi connectivity index (χ3v) is 5.10. The van der Waals surface area contributed by atoms with Crippen LogP contribution in [-0.2, 0) is 14.6 Å². The molecular formula is C13H17NO4S. The second kappa shape index (κ2) is 5.21. The first-order valence-corrected chi connectivity index (χ1v) is 7.90. The Bertz CT molecular complexity index is 595. The van der Waals surface area contributed by atoms with Crippen LogP contribution in [0.1, 0.15) is 22.3 Å². The van der Waals surface area contributed by atoms with Gasteiger partial charge >= 0.3 is 5.97 Å². The fraction of sp³-hybridized carbons (Fsp3) is 0.462. The highest BCUT2D eigenvalue weighted by Crippen LogP contribution is 2.23. The first kappa shape index (κ1) is 13.9. The molecule has 0 saturated carbocycles. The van der Waals surface area contributed by atoms with Crippen LogP contribution in [0, 0.1) is 6.92 Å². The Hall–Kier alpha value is -1.56. The lowest BCUT2D eigenvalue weighted by molar-refractivity contribution is 0.0600. The van der Waals surface area contributed by atoms with E-state index in [9.17, 15) is 13.2 Å². The lowest BCUT2D eigenvalue weighted by Crippen LogP contribution is -2.21. The Morgan fingerprint density at radius 3 is 2.74 bits per heavy atom. The summed E-state index contributed by atoms with van der Waals surface area (Å²) in [6.45, 7) is 1.82. The number of rotatable bonds is 3. The van der Waals surface area contributed by atoms with Gasteiger partial charge < -0.3 is 10.1 Å². The molecule has 1 heterocycles. The number of methoxy groups -OCH3 is 1. The largest absolute Gasteiger partial charge is 0.465 e. The van der Waals surface area contributed by atoms with E-state index in [1.54, 1.807) is 12.1 Å². The van der Waals surface area contributed by atoms with E-state index >= 15 is 0 Å². The SMILES string of the molecule is COC(=O)c1cccc(NC2CCS(=O)(=O)C2)c1C. The minimum Gasteiger partial charge on any atom is -0.465 e. The summed E-state index contributed by atoms with van der Waals surface area (Å²) in [5.41, 5.74) is 2.05. The van der Waals surface area contributed by atoms with Gasteiger partial charge in [-0.1, -0.05) is 6.07 Å². The first-order chi connectivity index (χ1) is 8.93. The van der Waals surface area contributed by atoms with Crippen LogP contribution in [0.25, 0.3) is 0 Å². The normalized spacial score (nSPS) is 21.1. The van der Waals surface area contributed by atoms with Gasteiger partial charge in [-0.3, -0.25) is 0 Å². The zero-order chi connectivity index (χ0) is 14.0. The van der Waals surface area contributed by atoms with Gasteiger partial charge in [0.2, 0.25) is 0 Å². The Morgan fingerprint density at radius 2 is 2.16 bits per heavy atom. The van der Waals surface area contributed by atoms with E-state index in [4.69, 9.17) is 4.74 Å². The molecule has 1 fully saturated rings. The molecular weight excluding hydrogens is 266 g/mol. The van der Waals surface area contributed by atoms with Crippen molar-refractivity contribution in [2.24, 2.45) is 0 Å². The van der Waals surface area contributed by atoms with Gasteiger partial charge in [0, 0.05) is 11.7 Å². The van der Waals surface area contributed by atoms with Gasteiger partial charge in [-0.15, -0.1) is 0 Å². The highest BCUT2D eigenvalue weighted by Gasteiger charge is 2.28. The molecule has 1 atom stereocenters. The lowest BCUT2D eigenvalue weighted by atomic mass is 10.1. The van der Waals surface area contributed by atoms with Crippen LogP contribution in [0.15, 0.2) is 18.2 Å². The molecule has 1 saturated heterocycles. The van der Waals surface area contributed by atoms with E-state index in [1.165, 1.54) is 7.11 Å². The highest BCUT2D eigenvalue weighted by molar-refractivity contribution is 7.91. The number of esters is 1. The van der Waals surface area contributed by atoms with Crippen molar-refractivity contribution in [3.05, 3.63) is 29.3 Å². The molecule has 104 valence electrons. The Kier molecular flexibility index (Phi) is 3.80. The molecule has 5 nitrogen and oxygen atoms in total. The first-order valence-electron chi connectivity index (χ1n) is 6.08. The zero-order valence-electron chi connectivity index (χ0n) is 11.0. The molecule has 0 aliphatic carbocycles. The number of ether oxygens (including phenoxy) is 1. The van der Waals surface area contributed by atoms with Gasteiger partial charge in [0.25, 0.3) is 0 Å². The number of anilines is 1. The highest BCUT2D eigenvalue weighted by atomic mass is 32.2. The summed E-state index contributed by atoms with van der Waals surface area (Å²) in [4.78, 5) is 11.6. The van der Waals surface area contributed by atoms with Crippen molar-refractivity contribution in [3.8, 4) is 0 Å². The van der Waals surface area contributed by atoms with Crippen LogP contribution < -0.4 is 5.32 Å². The maximum absolute atomic E-state index is 11.6. The third kappa shape index (κ3) is 3.07. The summed E-state index contributed by atoms with van der Waals surface area (Å²) in [5, 5.41) is 3.20. The molecule has 0 aromatic heterocycles. The van der Waals surface area contributed by atoms with Crippen molar-refractivity contribution in [3.63, 3.8) is 0 Å². The summed E-state index contributed by atoms with van der Waals surface area (Å²) < 4.78 is 27.6. The standard InChI is InChI=1S/C13H17NO4S/c1-9-11(13(15)18-2)4-3-5-12(9)14-10-6-7-19(16,17)8-10/h3-5,10,14H,6-8H2,1-2H3. The van der Waals surface area contributed by atoms with E-state index in [0.717, 1.165) is 11.3 Å². The molecule has 1 aliphatic rings. The van der Waals surface area contributed by atoms with Gasteiger partial charge in [-0.05, 0) is 31.0 Å². The molecule has 1 aromatic carbocycles. The van der Waals surface area contributed by atoms with Gasteiger partial charge in [0.1, 0.15) is 0 Å². The van der Waals surface area contributed by atoms with Crippen LogP contribution in [0.5, 0.6) is 0 Å². The summed E-state index contributed by atoms with van der Waals surface area (Å²) in [7, 11) is -1.57. The van der Waals surface area contributed by atoms with E-state index in [-0.39, 0.29) is 23.5 Å². The molecule has 1 N–H and O–H groups in total. The van der Waals surface area contributed by atoms with Crippen LogP contribution in [0.2, 0.25) is 0 Å². The average molecular weight is 283 g/mol. The molecule has 0 bridgehead atoms. The summed E-state index contributed by atoms with van der Waals surface area (Å²) >= 11 is 0. The fourth-order valence-electron chi connectivity index (χ4n) is 2.25. The summed E-state index contributed by atoms with van der Waals surface area (Å²) in [5.74, 6) is -0.0184. The monoisotopic (exact) mass is 283 g/mol. The molecule has 0 amide bonds. The molecule has 1 unspecified atom stereocenters. The second-order valence-electron chi connectivity index (χ2n) is 4.71. The number of nitrogens with one attached hydrogen (secondary N) is 1. The maximum Gasteiger partial charge on any atom is 0.338 e. The van der Waals surface area contributed by atoms with Crippen molar-refractivity contribution in [2.75, 3.05) is 23.9 Å². The van der Waals surface area contributed by atoms with Crippen molar-refractivity contribution in [1.82, 2.24) is 0 Å². The molecule has 6 heteroatoms. The van der Waals surface area contributed by atoms with Crippen molar-refractivity contribution >= 4 is 21.5 Å². The lowest BCUT2D eigenvalue weighted by Gasteiger charge is -2.16. The average Bonchev–Trinajstić information content (AvgIpc) is 2.70. The van der Waals surface area contributed by atoms with E-state index in [2.05, 4.69) is 5.32 Å². The van der Waals surface area contributed by atoms with Gasteiger partial charge in [-0.25, -0.2) is 13.2 Å². The van der Waals surface area contributed by atoms with E-state index in [0.29, 0.717) is 12.0 Å². The predicted octanol–water partition coefficient (Wildman–Crippen LogP) is 1.38. The predicted molar refractivity (Wildman–Crippen MR) is 73.2 cm³/mol. The number of benzene rings is 1. The fourth-order valence-corrected chi connectivity index (χ4v) is 3.93. The van der Waals surface area contributed by atoms with Crippen LogP contribution in [0.3, 0.4) is 0 Å². The number of hydrogen-bond donors (Lipinski definition) is 1. The third-order valence-electron chi connectivity index (χ3n) is 3.33. The van der Waals surface area contributed by atoms with E-state index < -0.39 is 9.84 Å². The number of carbonyl (C=O) groups excluding carboxylic acids is 1. The van der Waals surface area contributed by atoms with Gasteiger partial charge in [0.15, 0.2) is 9.84 Å². The van der Waals surface area contributed by atoms with E-state index in [1.807, 2.05) is 13.0 Å². The minimum atomic E-state index is -2.91. The summed E-state index contributed by atoms with van der Waals surface area (Å²) in [6.07, 6.45) is 0.601. The molecule has 2 rings (SSSR count). The van der Waals surface area contributed by atoms with Crippen molar-refractivity contribution in [2.45, 2.75) is 19.4 Å². The molecule has 0 radical (unpaired) electrons. The van der Waals surface area contributed by atoms with Crippen LogP contribution in [0.4, 0.5) is 5.69 Å². The van der Waals surface area contributed by atoms with Crippen molar-refractivity contribution in [1.29, 1.82) is 0 Å². The quantitative estimate of drug-likeness (QED) is 0.848. The molecule has 19 heavy (non-hydrogen) atoms. The zero-order valence-corrected chi connectivity index (χ0v) is 11.8. The van der Waals surface area contributed by atoms with Crippen LogP contribution >= 0.6 is 0 Å². The minimum absolute atomic E-state index is 0.0865. The molecule has 1 aromatic rings. The molecule has 1 aliphatic heterocycles. The topological polar surface area (TPSA) is 72.5 Å². The second-order valence-corrected chi connectivity index (χ2v) is 6.94. The van der Waals surface area contributed by atoms with Crippen molar-refractivity contribution < 1.29 is 17.9 Å². The Balaban J connectivity index is 2.20.